The van der Waals surface area contributed by atoms with Gasteiger partial charge >= 0.3 is 0 Å². The van der Waals surface area contributed by atoms with Crippen LogP contribution in [0, 0.1) is 6.92 Å². The summed E-state index contributed by atoms with van der Waals surface area (Å²) in [6.07, 6.45) is 2.86. The number of carbonyl (C=O) groups excluding carboxylic acids is 1. The monoisotopic (exact) mass is 287 g/mol. The van der Waals surface area contributed by atoms with Gasteiger partial charge in [-0.2, -0.15) is 0 Å². The molecule has 4 nitrogen and oxygen atoms in total. The number of aromatic nitrogens is 1. The fraction of sp³-hybridized carbons (Fsp3) is 0.500. The highest BCUT2D eigenvalue weighted by Gasteiger charge is 2.20. The number of rotatable bonds is 5. The first-order valence-electron chi connectivity index (χ1n) is 5.92. The van der Waals surface area contributed by atoms with Gasteiger partial charge in [-0.1, -0.05) is 23.2 Å². The first-order chi connectivity index (χ1) is 8.56. The molecular weight excluding hydrogens is 273 g/mol. The largest absolute Gasteiger partial charge is 0.323 e. The van der Waals surface area contributed by atoms with Crippen molar-refractivity contribution < 1.29 is 4.79 Å². The zero-order valence-corrected chi connectivity index (χ0v) is 11.6. The van der Waals surface area contributed by atoms with Gasteiger partial charge < -0.3 is 10.6 Å². The molecule has 1 aromatic rings. The number of hydrogen-bond donors (Lipinski definition) is 2. The number of nitrogens with zero attached hydrogens (tertiary/aromatic N) is 1. The molecule has 0 atom stereocenters. The molecule has 6 heteroatoms. The Kier molecular flexibility index (Phi) is 4.43. The van der Waals surface area contributed by atoms with E-state index in [0.29, 0.717) is 29.8 Å². The molecule has 1 aliphatic rings. The predicted octanol–water partition coefficient (Wildman–Crippen LogP) is 2.78. The van der Waals surface area contributed by atoms with E-state index in [2.05, 4.69) is 15.6 Å². The van der Waals surface area contributed by atoms with Gasteiger partial charge in [-0.3, -0.25) is 4.79 Å². The molecule has 2 N–H and O–H groups in total. The molecule has 0 bridgehead atoms. The summed E-state index contributed by atoms with van der Waals surface area (Å²) >= 11 is 11.7. The lowest BCUT2D eigenvalue weighted by Gasteiger charge is -2.10. The van der Waals surface area contributed by atoms with E-state index in [-0.39, 0.29) is 11.1 Å². The fourth-order valence-corrected chi connectivity index (χ4v) is 2.20. The van der Waals surface area contributed by atoms with Gasteiger partial charge in [0.25, 0.3) is 0 Å². The zero-order chi connectivity index (χ0) is 13.1. The molecule has 1 fully saturated rings. The number of anilines is 1. The van der Waals surface area contributed by atoms with Gasteiger partial charge in [0.05, 0.1) is 5.69 Å². The van der Waals surface area contributed by atoms with Gasteiger partial charge in [-0.05, 0) is 31.4 Å². The van der Waals surface area contributed by atoms with Crippen LogP contribution < -0.4 is 10.6 Å². The molecular formula is C12H15Cl2N3O. The van der Waals surface area contributed by atoms with Crippen molar-refractivity contribution in [3.63, 3.8) is 0 Å². The Bertz CT molecular complexity index is 438. The average molecular weight is 288 g/mol. The third-order valence-electron chi connectivity index (χ3n) is 2.77. The molecule has 2 rings (SSSR count). The molecule has 0 saturated heterocycles. The normalized spacial score (nSPS) is 14.6. The molecule has 1 aromatic heterocycles. The summed E-state index contributed by atoms with van der Waals surface area (Å²) in [5, 5.41) is 6.60. The molecule has 98 valence electrons. The van der Waals surface area contributed by atoms with Crippen LogP contribution in [0.15, 0.2) is 6.07 Å². The number of hydrogen-bond acceptors (Lipinski definition) is 3. The molecule has 0 aromatic carbocycles. The van der Waals surface area contributed by atoms with Gasteiger partial charge in [-0.25, -0.2) is 4.98 Å². The van der Waals surface area contributed by atoms with Crippen LogP contribution in [0.1, 0.15) is 24.8 Å². The van der Waals surface area contributed by atoms with Crippen LogP contribution in [-0.4, -0.2) is 23.5 Å². The van der Waals surface area contributed by atoms with Crippen LogP contribution in [0.3, 0.4) is 0 Å². The van der Waals surface area contributed by atoms with Crippen LogP contribution in [0.25, 0.3) is 0 Å². The van der Waals surface area contributed by atoms with Gasteiger partial charge in [0.1, 0.15) is 5.15 Å². The van der Waals surface area contributed by atoms with E-state index in [4.69, 9.17) is 23.2 Å². The maximum Gasteiger partial charge on any atom is 0.225 e. The van der Waals surface area contributed by atoms with Gasteiger partial charge in [0.2, 0.25) is 5.91 Å². The van der Waals surface area contributed by atoms with Crippen LogP contribution in [0.5, 0.6) is 0 Å². The number of nitrogens with one attached hydrogen (secondary N) is 2. The number of carbonyl (C=O) groups is 1. The molecule has 0 radical (unpaired) electrons. The number of halogens is 2. The highest BCUT2D eigenvalue weighted by molar-refractivity contribution is 6.34. The summed E-state index contributed by atoms with van der Waals surface area (Å²) in [5.41, 5.74) is 1.35. The van der Waals surface area contributed by atoms with E-state index in [9.17, 15) is 4.79 Å². The number of aryl methyl sites for hydroxylation is 1. The Hall–Kier alpha value is -0.840. The quantitative estimate of drug-likeness (QED) is 0.819. The van der Waals surface area contributed by atoms with Crippen molar-refractivity contribution in [2.24, 2.45) is 0 Å². The number of pyridine rings is 1. The second-order valence-electron chi connectivity index (χ2n) is 4.45. The van der Waals surface area contributed by atoms with Crippen molar-refractivity contribution in [3.8, 4) is 0 Å². The van der Waals surface area contributed by atoms with E-state index < -0.39 is 0 Å². The molecule has 1 heterocycles. The minimum atomic E-state index is -0.0720. The first kappa shape index (κ1) is 13.6. The predicted molar refractivity (Wildman–Crippen MR) is 73.3 cm³/mol. The maximum absolute atomic E-state index is 11.7. The lowest BCUT2D eigenvalue weighted by atomic mass is 10.2. The summed E-state index contributed by atoms with van der Waals surface area (Å²) in [4.78, 5) is 15.6. The molecule has 1 aliphatic carbocycles. The minimum absolute atomic E-state index is 0.0720. The first-order valence-corrected chi connectivity index (χ1v) is 6.67. The van der Waals surface area contributed by atoms with E-state index in [1.165, 1.54) is 12.8 Å². The Morgan fingerprint density at radius 1 is 1.50 bits per heavy atom. The molecule has 1 saturated carbocycles. The van der Waals surface area contributed by atoms with Crippen LogP contribution in [0.4, 0.5) is 5.69 Å². The molecule has 18 heavy (non-hydrogen) atoms. The Morgan fingerprint density at radius 2 is 2.22 bits per heavy atom. The van der Waals surface area contributed by atoms with Crippen molar-refractivity contribution >= 4 is 34.8 Å². The average Bonchev–Trinajstić information content (AvgIpc) is 3.07. The van der Waals surface area contributed by atoms with Crippen molar-refractivity contribution in [2.45, 2.75) is 32.2 Å². The summed E-state index contributed by atoms with van der Waals surface area (Å²) in [5.74, 6) is -0.0720. The van der Waals surface area contributed by atoms with Crippen molar-refractivity contribution in [1.29, 1.82) is 0 Å². The van der Waals surface area contributed by atoms with E-state index in [1.54, 1.807) is 6.07 Å². The second kappa shape index (κ2) is 5.87. The topological polar surface area (TPSA) is 54.0 Å². The van der Waals surface area contributed by atoms with Crippen molar-refractivity contribution in [3.05, 3.63) is 21.9 Å². The van der Waals surface area contributed by atoms with Crippen LogP contribution in [-0.2, 0) is 4.79 Å². The Morgan fingerprint density at radius 3 is 2.83 bits per heavy atom. The van der Waals surface area contributed by atoms with Gasteiger partial charge in [0.15, 0.2) is 5.15 Å². The fourth-order valence-electron chi connectivity index (χ4n) is 1.62. The Labute approximate surface area is 116 Å². The number of amides is 1. The van der Waals surface area contributed by atoms with Crippen molar-refractivity contribution in [2.75, 3.05) is 11.9 Å². The van der Waals surface area contributed by atoms with Gasteiger partial charge in [-0.15, -0.1) is 0 Å². The maximum atomic E-state index is 11.7. The Balaban J connectivity index is 1.89. The second-order valence-corrected chi connectivity index (χ2v) is 5.20. The highest BCUT2D eigenvalue weighted by Crippen LogP contribution is 2.26. The molecule has 0 spiro atoms. The van der Waals surface area contributed by atoms with Crippen molar-refractivity contribution in [1.82, 2.24) is 10.3 Å². The standard InChI is InChI=1S/C12H15Cl2N3O/c1-7-6-9(13)16-12(14)11(7)17-10(18)4-5-15-8-2-3-8/h6,8,15H,2-5H2,1H3,(H,17,18). The SMILES string of the molecule is Cc1cc(Cl)nc(Cl)c1NC(=O)CCNC1CC1. The summed E-state index contributed by atoms with van der Waals surface area (Å²) < 4.78 is 0. The van der Waals surface area contributed by atoms with E-state index in [1.807, 2.05) is 6.92 Å². The van der Waals surface area contributed by atoms with Crippen LogP contribution in [0.2, 0.25) is 10.3 Å². The lowest BCUT2D eigenvalue weighted by Crippen LogP contribution is -2.23. The third-order valence-corrected chi connectivity index (χ3v) is 3.24. The van der Waals surface area contributed by atoms with E-state index in [0.717, 1.165) is 5.56 Å². The molecule has 0 unspecified atom stereocenters. The summed E-state index contributed by atoms with van der Waals surface area (Å²) in [6, 6.07) is 2.28. The minimum Gasteiger partial charge on any atom is -0.323 e. The molecule has 1 amide bonds. The third kappa shape index (κ3) is 3.83. The summed E-state index contributed by atoms with van der Waals surface area (Å²) in [7, 11) is 0. The van der Waals surface area contributed by atoms with E-state index >= 15 is 0 Å². The van der Waals surface area contributed by atoms with Crippen LogP contribution >= 0.6 is 23.2 Å². The zero-order valence-electron chi connectivity index (χ0n) is 10.1. The summed E-state index contributed by atoms with van der Waals surface area (Å²) in [6.45, 7) is 2.52. The van der Waals surface area contributed by atoms with Gasteiger partial charge in [0, 0.05) is 19.0 Å². The molecule has 0 aliphatic heterocycles. The lowest BCUT2D eigenvalue weighted by molar-refractivity contribution is -0.116. The highest BCUT2D eigenvalue weighted by atomic mass is 35.5. The smallest absolute Gasteiger partial charge is 0.225 e.